The Kier molecular flexibility index (Phi) is 3.11. The molecule has 1 aromatic rings. The molecule has 0 aromatic heterocycles. The number of benzene rings is 1. The topological polar surface area (TPSA) is 41.3 Å². The van der Waals surface area contributed by atoms with Gasteiger partial charge >= 0.3 is 0 Å². The van der Waals surface area contributed by atoms with Crippen molar-refractivity contribution in [1.29, 1.82) is 0 Å². The number of piperidine rings is 1. The third-order valence-electron chi connectivity index (χ3n) is 2.93. The van der Waals surface area contributed by atoms with Crippen molar-refractivity contribution in [3.05, 3.63) is 23.8 Å². The van der Waals surface area contributed by atoms with E-state index in [9.17, 15) is 0 Å². The smallest absolute Gasteiger partial charge is 0.0749 e. The van der Waals surface area contributed by atoms with E-state index >= 15 is 0 Å². The molecule has 3 nitrogen and oxygen atoms in total. The van der Waals surface area contributed by atoms with Crippen molar-refractivity contribution in [2.24, 2.45) is 0 Å². The maximum absolute atomic E-state index is 5.95. The standard InChI is InChI=1S/C12H19N3/c1-10-6-5-7-11(13)12(10)14-15-8-3-2-4-9-15/h5-7,14H,2-4,8-9,13H2,1H3. The van der Waals surface area contributed by atoms with Crippen LogP contribution in [-0.4, -0.2) is 18.1 Å². The highest BCUT2D eigenvalue weighted by Crippen LogP contribution is 2.24. The van der Waals surface area contributed by atoms with Crippen molar-refractivity contribution in [2.75, 3.05) is 24.2 Å². The fourth-order valence-corrected chi connectivity index (χ4v) is 2.01. The average molecular weight is 205 g/mol. The third-order valence-corrected chi connectivity index (χ3v) is 2.93. The first kappa shape index (κ1) is 10.3. The van der Waals surface area contributed by atoms with Gasteiger partial charge in [-0.1, -0.05) is 18.6 Å². The number of nitrogen functional groups attached to an aromatic ring is 1. The van der Waals surface area contributed by atoms with Crippen molar-refractivity contribution in [3.63, 3.8) is 0 Å². The molecular weight excluding hydrogens is 186 g/mol. The summed E-state index contributed by atoms with van der Waals surface area (Å²) >= 11 is 0. The molecule has 0 radical (unpaired) electrons. The highest BCUT2D eigenvalue weighted by Gasteiger charge is 2.11. The molecule has 2 rings (SSSR count). The van der Waals surface area contributed by atoms with Crippen LogP contribution in [-0.2, 0) is 0 Å². The molecule has 0 saturated carbocycles. The molecule has 82 valence electrons. The maximum Gasteiger partial charge on any atom is 0.0749 e. The van der Waals surface area contributed by atoms with Gasteiger partial charge in [0, 0.05) is 13.1 Å². The summed E-state index contributed by atoms with van der Waals surface area (Å²) in [5.41, 5.74) is 12.5. The molecule has 0 amide bonds. The first-order chi connectivity index (χ1) is 7.27. The fraction of sp³-hybridized carbons (Fsp3) is 0.500. The number of nitrogens with two attached hydrogens (primary N) is 1. The third kappa shape index (κ3) is 2.42. The number of hydrogen-bond acceptors (Lipinski definition) is 3. The lowest BCUT2D eigenvalue weighted by molar-refractivity contribution is 0.273. The van der Waals surface area contributed by atoms with Crippen LogP contribution in [0.15, 0.2) is 18.2 Å². The second-order valence-corrected chi connectivity index (χ2v) is 4.20. The second-order valence-electron chi connectivity index (χ2n) is 4.20. The molecule has 1 heterocycles. The van der Waals surface area contributed by atoms with Crippen molar-refractivity contribution in [2.45, 2.75) is 26.2 Å². The molecule has 1 aliphatic heterocycles. The minimum Gasteiger partial charge on any atom is -0.397 e. The van der Waals surface area contributed by atoms with Gasteiger partial charge in [0.1, 0.15) is 0 Å². The van der Waals surface area contributed by atoms with Gasteiger partial charge in [0.2, 0.25) is 0 Å². The van der Waals surface area contributed by atoms with Crippen LogP contribution < -0.4 is 11.2 Å². The lowest BCUT2D eigenvalue weighted by atomic mass is 10.1. The van der Waals surface area contributed by atoms with E-state index in [2.05, 4.69) is 23.4 Å². The van der Waals surface area contributed by atoms with Gasteiger partial charge in [-0.05, 0) is 31.4 Å². The molecule has 3 N–H and O–H groups in total. The predicted molar refractivity (Wildman–Crippen MR) is 64.6 cm³/mol. The second kappa shape index (κ2) is 4.53. The van der Waals surface area contributed by atoms with Crippen molar-refractivity contribution >= 4 is 11.4 Å². The van der Waals surface area contributed by atoms with Crippen molar-refractivity contribution in [1.82, 2.24) is 5.01 Å². The predicted octanol–water partition coefficient (Wildman–Crippen LogP) is 2.39. The van der Waals surface area contributed by atoms with E-state index in [1.807, 2.05) is 12.1 Å². The van der Waals surface area contributed by atoms with Crippen molar-refractivity contribution < 1.29 is 0 Å². The number of rotatable bonds is 2. The first-order valence-corrected chi connectivity index (χ1v) is 5.64. The Morgan fingerprint density at radius 3 is 2.60 bits per heavy atom. The molecule has 1 aliphatic rings. The van der Waals surface area contributed by atoms with Crippen LogP contribution in [0.5, 0.6) is 0 Å². The summed E-state index contributed by atoms with van der Waals surface area (Å²) in [7, 11) is 0. The summed E-state index contributed by atoms with van der Waals surface area (Å²) in [6, 6.07) is 6.02. The van der Waals surface area contributed by atoms with Gasteiger partial charge in [-0.25, -0.2) is 5.01 Å². The van der Waals surface area contributed by atoms with Gasteiger partial charge in [-0.15, -0.1) is 0 Å². The SMILES string of the molecule is Cc1cccc(N)c1NN1CCCCC1. The molecule has 1 aromatic carbocycles. The Balaban J connectivity index is 2.09. The van der Waals surface area contributed by atoms with E-state index in [-0.39, 0.29) is 0 Å². The van der Waals surface area contributed by atoms with Crippen LogP contribution in [0.25, 0.3) is 0 Å². The number of para-hydroxylation sites is 1. The molecular formula is C12H19N3. The first-order valence-electron chi connectivity index (χ1n) is 5.64. The van der Waals surface area contributed by atoms with Crippen molar-refractivity contribution in [3.8, 4) is 0 Å². The number of hydrazine groups is 1. The fourth-order valence-electron chi connectivity index (χ4n) is 2.01. The number of nitrogens with one attached hydrogen (secondary N) is 1. The minimum atomic E-state index is 0.834. The molecule has 1 saturated heterocycles. The van der Waals surface area contributed by atoms with Crippen LogP contribution in [0.4, 0.5) is 11.4 Å². The average Bonchev–Trinajstić information content (AvgIpc) is 2.25. The Bertz CT molecular complexity index is 309. The van der Waals surface area contributed by atoms with Gasteiger partial charge in [-0.3, -0.25) is 0 Å². The summed E-state index contributed by atoms with van der Waals surface area (Å²) in [6.45, 7) is 4.32. The lowest BCUT2D eigenvalue weighted by Gasteiger charge is -2.29. The molecule has 0 spiro atoms. The molecule has 0 unspecified atom stereocenters. The van der Waals surface area contributed by atoms with Crippen LogP contribution in [0.2, 0.25) is 0 Å². The van der Waals surface area contributed by atoms with Gasteiger partial charge in [-0.2, -0.15) is 0 Å². The Hall–Kier alpha value is -1.22. The maximum atomic E-state index is 5.95. The monoisotopic (exact) mass is 205 g/mol. The van der Waals surface area contributed by atoms with Crippen LogP contribution >= 0.6 is 0 Å². The molecule has 3 heteroatoms. The zero-order valence-electron chi connectivity index (χ0n) is 9.29. The molecule has 1 fully saturated rings. The minimum absolute atomic E-state index is 0.834. The number of nitrogens with zero attached hydrogens (tertiary/aromatic N) is 1. The van der Waals surface area contributed by atoms with E-state index < -0.39 is 0 Å². The zero-order valence-corrected chi connectivity index (χ0v) is 9.29. The quantitative estimate of drug-likeness (QED) is 0.728. The Labute approximate surface area is 91.2 Å². The summed E-state index contributed by atoms with van der Waals surface area (Å²) in [6.07, 6.45) is 3.90. The van der Waals surface area contributed by atoms with Crippen LogP contribution in [0.1, 0.15) is 24.8 Å². The summed E-state index contributed by atoms with van der Waals surface area (Å²) < 4.78 is 0. The van der Waals surface area contributed by atoms with E-state index in [0.717, 1.165) is 24.5 Å². The Morgan fingerprint density at radius 1 is 1.20 bits per heavy atom. The van der Waals surface area contributed by atoms with Crippen LogP contribution in [0.3, 0.4) is 0 Å². The lowest BCUT2D eigenvalue weighted by Crippen LogP contribution is -2.35. The molecule has 0 bridgehead atoms. The number of anilines is 2. The van der Waals surface area contributed by atoms with E-state index in [4.69, 9.17) is 5.73 Å². The Morgan fingerprint density at radius 2 is 1.93 bits per heavy atom. The van der Waals surface area contributed by atoms with Gasteiger partial charge < -0.3 is 11.2 Å². The van der Waals surface area contributed by atoms with Gasteiger partial charge in [0.05, 0.1) is 11.4 Å². The largest absolute Gasteiger partial charge is 0.397 e. The number of hydrogen-bond donors (Lipinski definition) is 2. The van der Waals surface area contributed by atoms with E-state index in [1.165, 1.54) is 24.8 Å². The van der Waals surface area contributed by atoms with Gasteiger partial charge in [0.25, 0.3) is 0 Å². The molecule has 15 heavy (non-hydrogen) atoms. The zero-order chi connectivity index (χ0) is 10.7. The van der Waals surface area contributed by atoms with Gasteiger partial charge in [0.15, 0.2) is 0 Å². The number of aryl methyl sites for hydroxylation is 1. The summed E-state index contributed by atoms with van der Waals surface area (Å²) in [5, 5.41) is 2.27. The van der Waals surface area contributed by atoms with E-state index in [1.54, 1.807) is 0 Å². The summed E-state index contributed by atoms with van der Waals surface area (Å²) in [5.74, 6) is 0. The van der Waals surface area contributed by atoms with E-state index in [0.29, 0.717) is 0 Å². The van der Waals surface area contributed by atoms with Crippen LogP contribution in [0, 0.1) is 6.92 Å². The summed E-state index contributed by atoms with van der Waals surface area (Å²) in [4.78, 5) is 0. The molecule has 0 atom stereocenters. The highest BCUT2D eigenvalue weighted by atomic mass is 15.5. The molecule has 0 aliphatic carbocycles. The highest BCUT2D eigenvalue weighted by molar-refractivity contribution is 5.69. The normalized spacial score (nSPS) is 17.7.